The van der Waals surface area contributed by atoms with Gasteiger partial charge in [0, 0.05) is 17.2 Å². The Labute approximate surface area is 187 Å². The second-order valence-corrected chi connectivity index (χ2v) is 8.86. The summed E-state index contributed by atoms with van der Waals surface area (Å²) in [6.07, 6.45) is -0.203. The van der Waals surface area contributed by atoms with Crippen molar-refractivity contribution in [2.24, 2.45) is 0 Å². The molecule has 176 valence electrons. The van der Waals surface area contributed by atoms with Crippen molar-refractivity contribution in [3.8, 4) is 22.9 Å². The minimum Gasteiger partial charge on any atom is -0.489 e. The van der Waals surface area contributed by atoms with Crippen LogP contribution in [-0.4, -0.2) is 49.5 Å². The molecule has 0 unspecified atom stereocenters. The number of hydrogen-bond donors (Lipinski definition) is 2. The van der Waals surface area contributed by atoms with Crippen molar-refractivity contribution >= 4 is 11.5 Å². The average Bonchev–Trinajstić information content (AvgIpc) is 3.18. The van der Waals surface area contributed by atoms with Gasteiger partial charge in [0.05, 0.1) is 12.2 Å². The molecule has 0 bridgehead atoms. The third-order valence-corrected chi connectivity index (χ3v) is 6.15. The average molecular weight is 463 g/mol. The zero-order valence-electron chi connectivity index (χ0n) is 18.0. The number of hydrogen-bond acceptors (Lipinski definition) is 7. The summed E-state index contributed by atoms with van der Waals surface area (Å²) in [6, 6.07) is 5.70. The third-order valence-electron chi connectivity index (χ3n) is 6.15. The first kappa shape index (κ1) is 21.7. The van der Waals surface area contributed by atoms with Crippen LogP contribution in [0.5, 0.6) is 11.5 Å². The van der Waals surface area contributed by atoms with Crippen LogP contribution in [0.2, 0.25) is 0 Å². The van der Waals surface area contributed by atoms with Gasteiger partial charge in [-0.25, -0.2) is 0 Å². The molecule has 1 aliphatic heterocycles. The van der Waals surface area contributed by atoms with E-state index in [0.29, 0.717) is 42.2 Å². The number of aliphatic hydroxyl groups is 1. The highest BCUT2D eigenvalue weighted by molar-refractivity contribution is 5.69. The molecule has 1 fully saturated rings. The van der Waals surface area contributed by atoms with Gasteiger partial charge < -0.3 is 19.9 Å². The number of benzene rings is 1. The number of anilines is 1. The van der Waals surface area contributed by atoms with E-state index in [1.165, 1.54) is 22.7 Å². The van der Waals surface area contributed by atoms with Gasteiger partial charge in [-0.1, -0.05) is 12.1 Å². The molecular weight excluding hydrogens is 439 g/mol. The highest BCUT2D eigenvalue weighted by Crippen LogP contribution is 2.37. The van der Waals surface area contributed by atoms with Crippen LogP contribution < -0.4 is 14.8 Å². The van der Waals surface area contributed by atoms with Crippen LogP contribution in [0.3, 0.4) is 0 Å². The predicted molar refractivity (Wildman–Crippen MR) is 113 cm³/mol. The smallest absolute Gasteiger partial charge is 0.489 e. The van der Waals surface area contributed by atoms with E-state index in [4.69, 9.17) is 9.84 Å². The molecule has 0 radical (unpaired) electrons. The zero-order chi connectivity index (χ0) is 23.2. The SMILES string of the molecule is CC1(O)CCC(Nc2nn3c(-c4cccc(OC(F)(F)F)c4)nnc3c3c2CCCO3)CC1. The third kappa shape index (κ3) is 4.54. The fourth-order valence-corrected chi connectivity index (χ4v) is 4.43. The largest absolute Gasteiger partial charge is 0.573 e. The Kier molecular flexibility index (Phi) is 5.31. The Bertz CT molecular complexity index is 1170. The number of fused-ring (bicyclic) bond motifs is 3. The Morgan fingerprint density at radius 1 is 1.24 bits per heavy atom. The highest BCUT2D eigenvalue weighted by atomic mass is 19.4. The van der Waals surface area contributed by atoms with Crippen LogP contribution in [0, 0.1) is 0 Å². The number of alkyl halides is 3. The van der Waals surface area contributed by atoms with Crippen LogP contribution in [0.4, 0.5) is 19.0 Å². The van der Waals surface area contributed by atoms with Crippen molar-refractivity contribution in [2.45, 2.75) is 63.5 Å². The summed E-state index contributed by atoms with van der Waals surface area (Å²) in [5.74, 6) is 1.17. The van der Waals surface area contributed by atoms with E-state index in [1.54, 1.807) is 6.07 Å². The van der Waals surface area contributed by atoms with Crippen LogP contribution in [0.25, 0.3) is 17.0 Å². The molecule has 2 aromatic heterocycles. The van der Waals surface area contributed by atoms with Crippen molar-refractivity contribution in [3.63, 3.8) is 0 Å². The summed E-state index contributed by atoms with van der Waals surface area (Å²) >= 11 is 0. The molecule has 5 rings (SSSR count). The van der Waals surface area contributed by atoms with Crippen LogP contribution in [0.15, 0.2) is 24.3 Å². The topological polar surface area (TPSA) is 93.8 Å². The Morgan fingerprint density at radius 2 is 2.03 bits per heavy atom. The molecule has 3 heterocycles. The standard InChI is InChI=1S/C22H24F3N5O3/c1-21(31)9-7-14(8-10-21)26-18-16-6-3-11-32-17(16)20-28-27-19(30(20)29-18)13-4-2-5-15(12-13)33-22(23,24)25/h2,4-5,12,14,31H,3,6-11H2,1H3,(H,26,29). The first-order chi connectivity index (χ1) is 15.7. The number of nitrogens with one attached hydrogen (secondary N) is 1. The maximum Gasteiger partial charge on any atom is 0.573 e. The number of halogens is 3. The lowest BCUT2D eigenvalue weighted by Gasteiger charge is -2.34. The summed E-state index contributed by atoms with van der Waals surface area (Å²) in [5.41, 5.74) is 1.06. The molecule has 0 amide bonds. The maximum atomic E-state index is 12.7. The Hall–Kier alpha value is -3.08. The van der Waals surface area contributed by atoms with Crippen LogP contribution in [-0.2, 0) is 6.42 Å². The summed E-state index contributed by atoms with van der Waals surface area (Å²) in [5, 5.41) is 26.9. The number of aromatic nitrogens is 4. The van der Waals surface area contributed by atoms with E-state index in [0.717, 1.165) is 31.2 Å². The summed E-state index contributed by atoms with van der Waals surface area (Å²) in [4.78, 5) is 0. The summed E-state index contributed by atoms with van der Waals surface area (Å²) in [7, 11) is 0. The van der Waals surface area contributed by atoms with Crippen molar-refractivity contribution in [1.82, 2.24) is 19.8 Å². The monoisotopic (exact) mass is 463 g/mol. The zero-order valence-corrected chi connectivity index (χ0v) is 18.0. The van der Waals surface area contributed by atoms with Crippen molar-refractivity contribution in [1.29, 1.82) is 0 Å². The van der Waals surface area contributed by atoms with Gasteiger partial charge in [0.25, 0.3) is 0 Å². The van der Waals surface area contributed by atoms with Gasteiger partial charge in [-0.2, -0.15) is 4.52 Å². The molecule has 0 saturated heterocycles. The van der Waals surface area contributed by atoms with Gasteiger partial charge in [-0.05, 0) is 57.6 Å². The molecule has 1 aliphatic carbocycles. The Balaban J connectivity index is 1.53. The summed E-state index contributed by atoms with van der Waals surface area (Å²) in [6.45, 7) is 2.39. The molecular formula is C22H24F3N5O3. The summed E-state index contributed by atoms with van der Waals surface area (Å²) < 4.78 is 49.5. The van der Waals surface area contributed by atoms with Gasteiger partial charge in [0.2, 0.25) is 5.65 Å². The molecule has 1 aromatic carbocycles. The van der Waals surface area contributed by atoms with E-state index in [1.807, 2.05) is 6.92 Å². The van der Waals surface area contributed by atoms with Gasteiger partial charge in [0.15, 0.2) is 17.4 Å². The van der Waals surface area contributed by atoms with Crippen LogP contribution >= 0.6 is 0 Å². The molecule has 33 heavy (non-hydrogen) atoms. The lowest BCUT2D eigenvalue weighted by atomic mass is 9.83. The minimum atomic E-state index is -4.79. The predicted octanol–water partition coefficient (Wildman–Crippen LogP) is 4.12. The minimum absolute atomic E-state index is 0.143. The van der Waals surface area contributed by atoms with E-state index in [-0.39, 0.29) is 17.6 Å². The lowest BCUT2D eigenvalue weighted by Crippen LogP contribution is -2.36. The van der Waals surface area contributed by atoms with E-state index >= 15 is 0 Å². The maximum absolute atomic E-state index is 12.7. The quantitative estimate of drug-likeness (QED) is 0.601. The normalized spacial score (nSPS) is 23.1. The van der Waals surface area contributed by atoms with E-state index < -0.39 is 12.0 Å². The van der Waals surface area contributed by atoms with Gasteiger partial charge in [-0.15, -0.1) is 28.5 Å². The van der Waals surface area contributed by atoms with Gasteiger partial charge in [0.1, 0.15) is 5.75 Å². The van der Waals surface area contributed by atoms with Gasteiger partial charge in [-0.3, -0.25) is 0 Å². The number of nitrogens with zero attached hydrogens (tertiary/aromatic N) is 4. The molecule has 0 atom stereocenters. The van der Waals surface area contributed by atoms with E-state index in [2.05, 4.69) is 20.3 Å². The second kappa shape index (κ2) is 8.05. The highest BCUT2D eigenvalue weighted by Gasteiger charge is 2.32. The fraction of sp³-hybridized carbons (Fsp3) is 0.500. The van der Waals surface area contributed by atoms with E-state index in [9.17, 15) is 18.3 Å². The molecule has 2 aliphatic rings. The first-order valence-electron chi connectivity index (χ1n) is 10.9. The Morgan fingerprint density at radius 3 is 2.79 bits per heavy atom. The number of ether oxygens (including phenoxy) is 2. The van der Waals surface area contributed by atoms with Crippen molar-refractivity contribution in [2.75, 3.05) is 11.9 Å². The fourth-order valence-electron chi connectivity index (χ4n) is 4.43. The van der Waals surface area contributed by atoms with Crippen LogP contribution in [0.1, 0.15) is 44.6 Å². The second-order valence-electron chi connectivity index (χ2n) is 8.86. The molecule has 0 spiro atoms. The molecule has 3 aromatic rings. The molecule has 8 nitrogen and oxygen atoms in total. The lowest BCUT2D eigenvalue weighted by molar-refractivity contribution is -0.274. The first-order valence-corrected chi connectivity index (χ1v) is 10.9. The van der Waals surface area contributed by atoms with Crippen molar-refractivity contribution in [3.05, 3.63) is 29.8 Å². The molecule has 2 N–H and O–H groups in total. The van der Waals surface area contributed by atoms with Crippen molar-refractivity contribution < 1.29 is 27.8 Å². The molecule has 11 heteroatoms. The number of rotatable bonds is 4. The molecule has 1 saturated carbocycles. The van der Waals surface area contributed by atoms with Gasteiger partial charge >= 0.3 is 6.36 Å².